The molecule has 0 aromatic rings. The van der Waals surface area contributed by atoms with Crippen molar-refractivity contribution < 1.29 is 19.4 Å². The van der Waals surface area contributed by atoms with Gasteiger partial charge in [-0.2, -0.15) is 0 Å². The molecule has 1 amide bonds. The van der Waals surface area contributed by atoms with Crippen LogP contribution < -0.4 is 5.32 Å². The number of ether oxygens (including phenoxy) is 1. The van der Waals surface area contributed by atoms with Crippen molar-refractivity contribution in [2.24, 2.45) is 11.8 Å². The monoisotopic (exact) mass is 273 g/mol. The first kappa shape index (κ1) is 17.9. The second kappa shape index (κ2) is 9.78. The minimum atomic E-state index is -0.867. The molecule has 2 N–H and O–H groups in total. The Balaban J connectivity index is 4.06. The summed E-state index contributed by atoms with van der Waals surface area (Å²) in [5.74, 6) is -1.36. The van der Waals surface area contributed by atoms with E-state index >= 15 is 0 Å². The molecule has 19 heavy (non-hydrogen) atoms. The fraction of sp³-hybridized carbons (Fsp3) is 0.857. The Labute approximate surface area is 115 Å². The van der Waals surface area contributed by atoms with E-state index < -0.39 is 18.0 Å². The minimum Gasteiger partial charge on any atom is -0.481 e. The van der Waals surface area contributed by atoms with Gasteiger partial charge in [-0.1, -0.05) is 27.2 Å². The summed E-state index contributed by atoms with van der Waals surface area (Å²) in [5, 5.41) is 11.7. The number of aliphatic carboxylic acids is 1. The fourth-order valence-corrected chi connectivity index (χ4v) is 1.69. The lowest BCUT2D eigenvalue weighted by Gasteiger charge is -2.17. The molecule has 0 aliphatic heterocycles. The van der Waals surface area contributed by atoms with Crippen LogP contribution in [-0.2, 0) is 14.3 Å². The third kappa shape index (κ3) is 8.59. The smallest absolute Gasteiger partial charge is 0.308 e. The summed E-state index contributed by atoms with van der Waals surface area (Å²) in [6.07, 6.45) is 1.97. The van der Waals surface area contributed by atoms with E-state index in [0.29, 0.717) is 13.0 Å². The van der Waals surface area contributed by atoms with E-state index in [2.05, 4.69) is 12.2 Å². The molecule has 0 bridgehead atoms. The van der Waals surface area contributed by atoms with E-state index in [9.17, 15) is 9.59 Å². The van der Waals surface area contributed by atoms with Crippen molar-refractivity contribution >= 4 is 11.9 Å². The molecule has 0 heterocycles. The molecule has 0 radical (unpaired) electrons. The van der Waals surface area contributed by atoms with Gasteiger partial charge in [0.05, 0.1) is 5.92 Å². The van der Waals surface area contributed by atoms with Crippen LogP contribution in [0.4, 0.5) is 0 Å². The summed E-state index contributed by atoms with van der Waals surface area (Å²) in [6, 6.07) is 0. The number of carbonyl (C=O) groups excluding carboxylic acids is 1. The van der Waals surface area contributed by atoms with Gasteiger partial charge < -0.3 is 15.2 Å². The van der Waals surface area contributed by atoms with Crippen LogP contribution in [0.25, 0.3) is 0 Å². The van der Waals surface area contributed by atoms with Crippen LogP contribution in [0.5, 0.6) is 0 Å². The van der Waals surface area contributed by atoms with Crippen molar-refractivity contribution in [3.8, 4) is 0 Å². The minimum absolute atomic E-state index is 0.161. The van der Waals surface area contributed by atoms with Gasteiger partial charge in [-0.25, -0.2) is 0 Å². The second-order valence-corrected chi connectivity index (χ2v) is 5.28. The van der Waals surface area contributed by atoms with Crippen molar-refractivity contribution in [3.05, 3.63) is 0 Å². The van der Waals surface area contributed by atoms with Gasteiger partial charge >= 0.3 is 5.97 Å². The van der Waals surface area contributed by atoms with E-state index in [1.807, 2.05) is 13.8 Å². The maximum Gasteiger partial charge on any atom is 0.308 e. The first-order valence-corrected chi connectivity index (χ1v) is 7.00. The van der Waals surface area contributed by atoms with Gasteiger partial charge in [0.2, 0.25) is 5.91 Å². The number of carboxylic acids is 1. The van der Waals surface area contributed by atoms with E-state index in [-0.39, 0.29) is 18.4 Å². The van der Waals surface area contributed by atoms with Crippen LogP contribution in [-0.4, -0.2) is 36.2 Å². The van der Waals surface area contributed by atoms with Crippen molar-refractivity contribution in [1.82, 2.24) is 5.32 Å². The highest BCUT2D eigenvalue weighted by atomic mass is 16.5. The zero-order valence-corrected chi connectivity index (χ0v) is 12.4. The van der Waals surface area contributed by atoms with Crippen LogP contribution in [0.3, 0.4) is 0 Å². The highest BCUT2D eigenvalue weighted by Crippen LogP contribution is 2.11. The number of hydrogen-bond donors (Lipinski definition) is 2. The molecular weight excluding hydrogens is 246 g/mol. The number of nitrogens with one attached hydrogen (secondary N) is 1. The molecule has 0 aromatic heterocycles. The average Bonchev–Trinajstić information content (AvgIpc) is 2.33. The highest BCUT2D eigenvalue weighted by Gasteiger charge is 2.21. The van der Waals surface area contributed by atoms with E-state index in [1.165, 1.54) is 0 Å². The van der Waals surface area contributed by atoms with Gasteiger partial charge in [-0.3, -0.25) is 9.59 Å². The molecule has 0 aliphatic carbocycles. The molecule has 0 aromatic carbocycles. The number of unbranched alkanes of at least 4 members (excludes halogenated alkanes) is 1. The van der Waals surface area contributed by atoms with Crippen molar-refractivity contribution in [2.75, 3.05) is 13.2 Å². The zero-order chi connectivity index (χ0) is 14.8. The maximum atomic E-state index is 11.7. The molecule has 2 unspecified atom stereocenters. The predicted molar refractivity (Wildman–Crippen MR) is 73.9 cm³/mol. The molecule has 0 saturated carbocycles. The Kier molecular flexibility index (Phi) is 9.21. The normalized spacial score (nSPS) is 14.2. The lowest BCUT2D eigenvalue weighted by molar-refractivity contribution is -0.142. The maximum absolute atomic E-state index is 11.7. The lowest BCUT2D eigenvalue weighted by atomic mass is 9.97. The Hall–Kier alpha value is -1.10. The number of amides is 1. The Morgan fingerprint density at radius 2 is 1.89 bits per heavy atom. The largest absolute Gasteiger partial charge is 0.481 e. The van der Waals surface area contributed by atoms with Crippen molar-refractivity contribution in [2.45, 2.75) is 53.1 Å². The molecule has 0 aliphatic rings. The first-order chi connectivity index (χ1) is 8.88. The quantitative estimate of drug-likeness (QED) is 0.597. The average molecular weight is 273 g/mol. The second-order valence-electron chi connectivity index (χ2n) is 5.28. The van der Waals surface area contributed by atoms with Crippen LogP contribution in [0.2, 0.25) is 0 Å². The summed E-state index contributed by atoms with van der Waals surface area (Å²) < 4.78 is 5.36. The SMILES string of the molecule is CCCCOC(C)C(=O)NCC(CC(C)C)C(=O)O. The van der Waals surface area contributed by atoms with E-state index in [1.54, 1.807) is 6.92 Å². The molecule has 0 fully saturated rings. The summed E-state index contributed by atoms with van der Waals surface area (Å²) in [4.78, 5) is 22.8. The highest BCUT2D eigenvalue weighted by molar-refractivity contribution is 5.81. The Morgan fingerprint density at radius 3 is 2.37 bits per heavy atom. The number of rotatable bonds is 10. The van der Waals surface area contributed by atoms with Gasteiger partial charge in [-0.05, 0) is 25.7 Å². The topological polar surface area (TPSA) is 75.6 Å². The molecule has 0 spiro atoms. The van der Waals surface area contributed by atoms with E-state index in [0.717, 1.165) is 12.8 Å². The van der Waals surface area contributed by atoms with Crippen LogP contribution in [0.15, 0.2) is 0 Å². The summed E-state index contributed by atoms with van der Waals surface area (Å²) in [5.41, 5.74) is 0. The Morgan fingerprint density at radius 1 is 1.26 bits per heavy atom. The zero-order valence-electron chi connectivity index (χ0n) is 12.4. The standard InChI is InChI=1S/C14H27NO4/c1-5-6-7-19-11(4)13(16)15-9-12(14(17)18)8-10(2)3/h10-12H,5-9H2,1-4H3,(H,15,16)(H,17,18). The van der Waals surface area contributed by atoms with E-state index in [4.69, 9.17) is 9.84 Å². The third-order valence-electron chi connectivity index (χ3n) is 2.86. The fourth-order valence-electron chi connectivity index (χ4n) is 1.69. The Bertz CT molecular complexity index is 279. The van der Waals surface area contributed by atoms with Gasteiger partial charge in [0, 0.05) is 13.2 Å². The van der Waals surface area contributed by atoms with Crippen LogP contribution in [0, 0.1) is 11.8 Å². The number of carbonyl (C=O) groups is 2. The molecule has 0 saturated heterocycles. The van der Waals surface area contributed by atoms with Crippen molar-refractivity contribution in [1.29, 1.82) is 0 Å². The first-order valence-electron chi connectivity index (χ1n) is 7.00. The van der Waals surface area contributed by atoms with Gasteiger partial charge in [0.15, 0.2) is 0 Å². The van der Waals surface area contributed by atoms with Gasteiger partial charge in [0.1, 0.15) is 6.10 Å². The predicted octanol–water partition coefficient (Wildman–Crippen LogP) is 2.05. The van der Waals surface area contributed by atoms with Gasteiger partial charge in [-0.15, -0.1) is 0 Å². The number of hydrogen-bond acceptors (Lipinski definition) is 3. The molecule has 112 valence electrons. The van der Waals surface area contributed by atoms with Crippen LogP contribution >= 0.6 is 0 Å². The van der Waals surface area contributed by atoms with Crippen LogP contribution in [0.1, 0.15) is 47.0 Å². The molecular formula is C14H27NO4. The molecule has 0 rings (SSSR count). The summed E-state index contributed by atoms with van der Waals surface area (Å²) >= 11 is 0. The molecule has 5 heteroatoms. The number of carboxylic acid groups (broad SMARTS) is 1. The van der Waals surface area contributed by atoms with Crippen molar-refractivity contribution in [3.63, 3.8) is 0 Å². The molecule has 2 atom stereocenters. The summed E-state index contributed by atoms with van der Waals surface area (Å²) in [6.45, 7) is 8.39. The summed E-state index contributed by atoms with van der Waals surface area (Å²) in [7, 11) is 0. The lowest BCUT2D eigenvalue weighted by Crippen LogP contribution is -2.39. The molecule has 5 nitrogen and oxygen atoms in total. The van der Waals surface area contributed by atoms with Gasteiger partial charge in [0.25, 0.3) is 0 Å². The third-order valence-corrected chi connectivity index (χ3v) is 2.86.